The highest BCUT2D eigenvalue weighted by atomic mass is 35.5. The van der Waals surface area contributed by atoms with Gasteiger partial charge in [0.15, 0.2) is 0 Å². The number of hydrogen-bond donors (Lipinski definition) is 1. The number of carbonyl (C=O) groups is 1. The quantitative estimate of drug-likeness (QED) is 0.849. The molecule has 1 aliphatic heterocycles. The molecule has 2 aromatic carbocycles. The fraction of sp³-hybridized carbons (Fsp3) is 0.0625. The second-order valence-corrected chi connectivity index (χ2v) is 5.09. The summed E-state index contributed by atoms with van der Waals surface area (Å²) in [5.41, 5.74) is 2.60. The normalized spacial score (nSPS) is 15.1. The molecule has 0 aromatic heterocycles. The number of amides is 1. The van der Waals surface area contributed by atoms with Crippen LogP contribution < -0.4 is 10.1 Å². The van der Waals surface area contributed by atoms with Crippen LogP contribution in [0.25, 0.3) is 11.6 Å². The summed E-state index contributed by atoms with van der Waals surface area (Å²) in [5.74, 6) is -0.162. The van der Waals surface area contributed by atoms with E-state index in [1.54, 1.807) is 36.4 Å². The van der Waals surface area contributed by atoms with Crippen LogP contribution in [0, 0.1) is 0 Å². The Morgan fingerprint density at radius 2 is 1.86 bits per heavy atom. The minimum absolute atomic E-state index is 0.0696. The fourth-order valence-corrected chi connectivity index (χ4v) is 2.39. The molecule has 0 aliphatic carbocycles. The van der Waals surface area contributed by atoms with E-state index in [4.69, 9.17) is 11.6 Å². The number of nitrogens with one attached hydrogen (secondary N) is 1. The van der Waals surface area contributed by atoms with Gasteiger partial charge in [-0.25, -0.2) is 0 Å². The number of carbonyl (C=O) groups excluding carboxylic acids is 1. The van der Waals surface area contributed by atoms with Crippen LogP contribution in [0.1, 0.15) is 11.1 Å². The average Bonchev–Trinajstić information content (AvgIpc) is 2.75. The molecule has 0 unspecified atom stereocenters. The van der Waals surface area contributed by atoms with E-state index < -0.39 is 6.61 Å². The van der Waals surface area contributed by atoms with Gasteiger partial charge in [-0.2, -0.15) is 8.78 Å². The molecule has 0 spiro atoms. The number of rotatable bonds is 3. The summed E-state index contributed by atoms with van der Waals surface area (Å²) < 4.78 is 28.5. The third-order valence-corrected chi connectivity index (χ3v) is 3.42. The minimum Gasteiger partial charge on any atom is -0.435 e. The third-order valence-electron chi connectivity index (χ3n) is 3.18. The Bertz CT molecular complexity index is 757. The smallest absolute Gasteiger partial charge is 0.387 e. The van der Waals surface area contributed by atoms with Gasteiger partial charge in [0.25, 0.3) is 5.91 Å². The van der Waals surface area contributed by atoms with Crippen molar-refractivity contribution in [3.05, 3.63) is 58.6 Å². The molecule has 22 heavy (non-hydrogen) atoms. The van der Waals surface area contributed by atoms with E-state index in [0.29, 0.717) is 21.8 Å². The van der Waals surface area contributed by atoms with Crippen LogP contribution in [-0.2, 0) is 4.79 Å². The van der Waals surface area contributed by atoms with E-state index in [1.807, 2.05) is 0 Å². The van der Waals surface area contributed by atoms with Crippen LogP contribution in [0.5, 0.6) is 5.75 Å². The lowest BCUT2D eigenvalue weighted by atomic mass is 10.0. The van der Waals surface area contributed by atoms with Gasteiger partial charge in [0.1, 0.15) is 5.75 Å². The summed E-state index contributed by atoms with van der Waals surface area (Å²) in [6.07, 6.45) is 1.68. The van der Waals surface area contributed by atoms with Crippen LogP contribution in [-0.4, -0.2) is 12.5 Å². The molecule has 0 bridgehead atoms. The van der Waals surface area contributed by atoms with E-state index >= 15 is 0 Å². The van der Waals surface area contributed by atoms with Crippen LogP contribution >= 0.6 is 11.6 Å². The lowest BCUT2D eigenvalue weighted by Crippen LogP contribution is -2.03. The summed E-state index contributed by atoms with van der Waals surface area (Å²) in [4.78, 5) is 12.0. The zero-order valence-corrected chi connectivity index (χ0v) is 11.9. The first-order valence-electron chi connectivity index (χ1n) is 6.41. The Morgan fingerprint density at radius 1 is 1.14 bits per heavy atom. The van der Waals surface area contributed by atoms with Crippen molar-refractivity contribution in [3.8, 4) is 5.75 Å². The zero-order chi connectivity index (χ0) is 15.7. The Hall–Kier alpha value is -2.40. The second kappa shape index (κ2) is 5.77. The minimum atomic E-state index is -2.86. The Labute approximate surface area is 130 Å². The molecular formula is C16H10ClF2NO2. The molecule has 0 atom stereocenters. The summed E-state index contributed by atoms with van der Waals surface area (Å²) in [6, 6.07) is 11.2. The highest BCUT2D eigenvalue weighted by Gasteiger charge is 2.23. The predicted molar refractivity (Wildman–Crippen MR) is 81.0 cm³/mol. The van der Waals surface area contributed by atoms with Gasteiger partial charge in [0.05, 0.1) is 5.69 Å². The predicted octanol–water partition coefficient (Wildman–Crippen LogP) is 4.43. The third kappa shape index (κ3) is 2.94. The molecule has 1 aliphatic rings. The van der Waals surface area contributed by atoms with Gasteiger partial charge in [-0.3, -0.25) is 4.79 Å². The second-order valence-electron chi connectivity index (χ2n) is 4.65. The van der Waals surface area contributed by atoms with Crippen molar-refractivity contribution in [2.75, 3.05) is 5.32 Å². The molecule has 3 nitrogen and oxygen atoms in total. The number of fused-ring (bicyclic) bond motifs is 1. The van der Waals surface area contributed by atoms with Gasteiger partial charge in [-0.05, 0) is 35.9 Å². The number of anilines is 1. The molecule has 0 saturated carbocycles. The van der Waals surface area contributed by atoms with Gasteiger partial charge >= 0.3 is 6.61 Å². The summed E-state index contributed by atoms with van der Waals surface area (Å²) in [7, 11) is 0. The van der Waals surface area contributed by atoms with Crippen molar-refractivity contribution < 1.29 is 18.3 Å². The van der Waals surface area contributed by atoms with Crippen LogP contribution in [0.4, 0.5) is 14.5 Å². The largest absolute Gasteiger partial charge is 0.435 e. The molecule has 112 valence electrons. The standard InChI is InChI=1S/C16H10ClF2NO2/c17-10-3-6-12-13(15(21)20-14(12)8-10)7-9-1-4-11(5-2-9)22-16(18)19/h1-8,16H,(H,20,21)/b13-7-. The Balaban J connectivity index is 1.91. The Kier molecular flexibility index (Phi) is 3.81. The number of hydrogen-bond acceptors (Lipinski definition) is 2. The van der Waals surface area contributed by atoms with Gasteiger partial charge in [-0.1, -0.05) is 29.8 Å². The molecule has 0 radical (unpaired) electrons. The van der Waals surface area contributed by atoms with Crippen molar-refractivity contribution in [1.29, 1.82) is 0 Å². The van der Waals surface area contributed by atoms with Gasteiger partial charge < -0.3 is 10.1 Å². The average molecular weight is 322 g/mol. The molecule has 6 heteroatoms. The first kappa shape index (κ1) is 14.5. The number of alkyl halides is 2. The molecule has 2 aromatic rings. The summed E-state index contributed by atoms with van der Waals surface area (Å²) >= 11 is 5.89. The van der Waals surface area contributed by atoms with E-state index in [1.165, 1.54) is 12.1 Å². The topological polar surface area (TPSA) is 38.3 Å². The maximum atomic E-state index is 12.1. The van der Waals surface area contributed by atoms with E-state index in [2.05, 4.69) is 10.1 Å². The molecule has 1 heterocycles. The highest BCUT2D eigenvalue weighted by molar-refractivity contribution is 6.36. The molecule has 3 rings (SSSR count). The number of halogens is 3. The zero-order valence-electron chi connectivity index (χ0n) is 11.1. The van der Waals surface area contributed by atoms with E-state index in [9.17, 15) is 13.6 Å². The van der Waals surface area contributed by atoms with E-state index in [-0.39, 0.29) is 11.7 Å². The number of ether oxygens (including phenoxy) is 1. The molecule has 1 amide bonds. The monoisotopic (exact) mass is 321 g/mol. The summed E-state index contributed by atoms with van der Waals surface area (Å²) in [5, 5.41) is 3.27. The maximum Gasteiger partial charge on any atom is 0.387 e. The van der Waals surface area contributed by atoms with Crippen molar-refractivity contribution in [1.82, 2.24) is 0 Å². The first-order valence-corrected chi connectivity index (χ1v) is 6.78. The molecular weight excluding hydrogens is 312 g/mol. The Morgan fingerprint density at radius 3 is 2.55 bits per heavy atom. The summed E-state index contributed by atoms with van der Waals surface area (Å²) in [6.45, 7) is -2.86. The molecule has 0 fully saturated rings. The SMILES string of the molecule is O=C1Nc2cc(Cl)ccc2/C1=C/c1ccc(OC(F)F)cc1. The first-order chi connectivity index (χ1) is 10.5. The maximum absolute atomic E-state index is 12.1. The van der Waals surface area contributed by atoms with Crippen molar-refractivity contribution >= 4 is 34.8 Å². The number of benzene rings is 2. The van der Waals surface area contributed by atoms with Gasteiger partial charge in [0.2, 0.25) is 0 Å². The molecule has 0 saturated heterocycles. The van der Waals surface area contributed by atoms with Crippen molar-refractivity contribution in [2.24, 2.45) is 0 Å². The van der Waals surface area contributed by atoms with Gasteiger partial charge in [-0.15, -0.1) is 0 Å². The fourth-order valence-electron chi connectivity index (χ4n) is 2.22. The van der Waals surface area contributed by atoms with Crippen molar-refractivity contribution in [2.45, 2.75) is 6.61 Å². The lowest BCUT2D eigenvalue weighted by molar-refractivity contribution is -0.110. The van der Waals surface area contributed by atoms with Crippen LogP contribution in [0.3, 0.4) is 0 Å². The van der Waals surface area contributed by atoms with Crippen LogP contribution in [0.2, 0.25) is 5.02 Å². The van der Waals surface area contributed by atoms with Crippen molar-refractivity contribution in [3.63, 3.8) is 0 Å². The highest BCUT2D eigenvalue weighted by Crippen LogP contribution is 2.35. The van der Waals surface area contributed by atoms with Gasteiger partial charge in [0, 0.05) is 16.2 Å². The lowest BCUT2D eigenvalue weighted by Gasteiger charge is -2.04. The van der Waals surface area contributed by atoms with Crippen LogP contribution in [0.15, 0.2) is 42.5 Å². The van der Waals surface area contributed by atoms with E-state index in [0.717, 1.165) is 5.56 Å². The molecule has 1 N–H and O–H groups in total.